The highest BCUT2D eigenvalue weighted by molar-refractivity contribution is 6.31. The molecule has 4 N–H and O–H groups in total. The van der Waals surface area contributed by atoms with E-state index >= 15 is 0 Å². The molecular weight excluding hydrogens is 556 g/mol. The number of amides is 4. The molecule has 1 fully saturated rings. The number of halogens is 1. The molecule has 226 valence electrons. The van der Waals surface area contributed by atoms with Crippen LogP contribution in [0.3, 0.4) is 0 Å². The normalized spacial score (nSPS) is 17.8. The standard InChI is InChI=1S/C31H41ClN6O4/c1-3-36-14-16-37(17-15-36)28(39)10-11-29(40)38-20-23-7-5-4-6-22(23)19-27(38)31(42)35-26(12-13-33)30(41)34-24-8-9-25(32)21(2)18-24/h4-9,18,26-27H,3,10-17,19-20,33H2,1-2H3,(H,34,41)(H,35,42)/t26-,27-/m0/s1. The van der Waals surface area contributed by atoms with Crippen molar-refractivity contribution in [2.75, 3.05) is 44.6 Å². The molecule has 0 spiro atoms. The second kappa shape index (κ2) is 14.6. The summed E-state index contributed by atoms with van der Waals surface area (Å²) in [5, 5.41) is 6.26. The Morgan fingerprint density at radius 3 is 2.36 bits per heavy atom. The number of nitrogens with zero attached hydrogens (tertiary/aromatic N) is 3. The molecule has 0 unspecified atom stereocenters. The fourth-order valence-corrected chi connectivity index (χ4v) is 5.62. The SMILES string of the molecule is CCN1CCN(C(=O)CCC(=O)N2Cc3ccccc3C[C@H]2C(=O)N[C@@H](CCN)C(=O)Nc2ccc(Cl)c(C)c2)CC1. The van der Waals surface area contributed by atoms with Crippen LogP contribution in [0.4, 0.5) is 5.69 Å². The van der Waals surface area contributed by atoms with Gasteiger partial charge in [-0.3, -0.25) is 19.2 Å². The zero-order valence-electron chi connectivity index (χ0n) is 24.4. The van der Waals surface area contributed by atoms with Crippen molar-refractivity contribution in [2.24, 2.45) is 5.73 Å². The lowest BCUT2D eigenvalue weighted by Gasteiger charge is -2.37. The number of benzene rings is 2. The van der Waals surface area contributed by atoms with Gasteiger partial charge in [0.05, 0.1) is 0 Å². The topological polar surface area (TPSA) is 128 Å². The minimum atomic E-state index is -0.893. The lowest BCUT2D eigenvalue weighted by molar-refractivity contribution is -0.144. The molecule has 2 atom stereocenters. The maximum Gasteiger partial charge on any atom is 0.246 e. The van der Waals surface area contributed by atoms with Crippen molar-refractivity contribution < 1.29 is 19.2 Å². The summed E-state index contributed by atoms with van der Waals surface area (Å²) < 4.78 is 0. The molecular formula is C31H41ClN6O4. The molecule has 4 rings (SSSR count). The van der Waals surface area contributed by atoms with Gasteiger partial charge in [-0.15, -0.1) is 0 Å². The second-order valence-corrected chi connectivity index (χ2v) is 11.3. The quantitative estimate of drug-likeness (QED) is 0.386. The van der Waals surface area contributed by atoms with Gasteiger partial charge < -0.3 is 31.1 Å². The van der Waals surface area contributed by atoms with Crippen molar-refractivity contribution in [2.45, 2.75) is 58.2 Å². The number of nitrogens with one attached hydrogen (secondary N) is 2. The maximum atomic E-state index is 13.7. The van der Waals surface area contributed by atoms with Gasteiger partial charge in [0.15, 0.2) is 0 Å². The van der Waals surface area contributed by atoms with E-state index in [0.717, 1.165) is 36.3 Å². The zero-order chi connectivity index (χ0) is 30.2. The fourth-order valence-electron chi connectivity index (χ4n) is 5.50. The molecule has 0 aromatic heterocycles. The number of rotatable bonds is 10. The molecule has 42 heavy (non-hydrogen) atoms. The van der Waals surface area contributed by atoms with E-state index in [4.69, 9.17) is 17.3 Å². The third kappa shape index (κ3) is 7.87. The van der Waals surface area contributed by atoms with E-state index in [9.17, 15) is 19.2 Å². The molecule has 2 aromatic rings. The highest BCUT2D eigenvalue weighted by atomic mass is 35.5. The van der Waals surface area contributed by atoms with Crippen LogP contribution in [0.15, 0.2) is 42.5 Å². The maximum absolute atomic E-state index is 13.7. The summed E-state index contributed by atoms with van der Waals surface area (Å²) in [5.41, 5.74) is 9.10. The number of hydrogen-bond acceptors (Lipinski definition) is 6. The molecule has 0 radical (unpaired) electrons. The molecule has 2 heterocycles. The summed E-state index contributed by atoms with van der Waals surface area (Å²) in [5.74, 6) is -1.14. The Bertz CT molecular complexity index is 1300. The van der Waals surface area contributed by atoms with Crippen molar-refractivity contribution in [3.05, 3.63) is 64.2 Å². The van der Waals surface area contributed by atoms with Crippen LogP contribution in [-0.2, 0) is 32.1 Å². The Labute approximate surface area is 252 Å². The summed E-state index contributed by atoms with van der Waals surface area (Å²) in [4.78, 5) is 58.9. The summed E-state index contributed by atoms with van der Waals surface area (Å²) in [6.45, 7) is 8.31. The third-order valence-electron chi connectivity index (χ3n) is 8.11. The number of piperazine rings is 1. The van der Waals surface area contributed by atoms with Crippen LogP contribution in [0.25, 0.3) is 0 Å². The Hall–Kier alpha value is -3.47. The molecule has 0 bridgehead atoms. The minimum absolute atomic E-state index is 0.0153. The summed E-state index contributed by atoms with van der Waals surface area (Å²) in [6, 6.07) is 11.1. The van der Waals surface area contributed by atoms with Gasteiger partial charge in [0.1, 0.15) is 12.1 Å². The predicted octanol–water partition coefficient (Wildman–Crippen LogP) is 2.32. The van der Waals surface area contributed by atoms with Gasteiger partial charge in [-0.05, 0) is 61.3 Å². The van der Waals surface area contributed by atoms with Crippen LogP contribution < -0.4 is 16.4 Å². The Balaban J connectivity index is 1.44. The van der Waals surface area contributed by atoms with Crippen LogP contribution in [-0.4, -0.2) is 89.7 Å². The molecule has 10 nitrogen and oxygen atoms in total. The monoisotopic (exact) mass is 596 g/mol. The summed E-state index contributed by atoms with van der Waals surface area (Å²) in [7, 11) is 0. The first kappa shape index (κ1) is 31.5. The van der Waals surface area contributed by atoms with Gasteiger partial charge in [-0.2, -0.15) is 0 Å². The summed E-state index contributed by atoms with van der Waals surface area (Å²) >= 11 is 6.11. The van der Waals surface area contributed by atoms with Gasteiger partial charge in [-0.1, -0.05) is 42.8 Å². The van der Waals surface area contributed by atoms with Crippen LogP contribution in [0, 0.1) is 6.92 Å². The van der Waals surface area contributed by atoms with E-state index in [1.807, 2.05) is 36.1 Å². The van der Waals surface area contributed by atoms with Gasteiger partial charge in [-0.25, -0.2) is 0 Å². The van der Waals surface area contributed by atoms with Crippen LogP contribution >= 0.6 is 11.6 Å². The van der Waals surface area contributed by atoms with Crippen LogP contribution in [0.5, 0.6) is 0 Å². The van der Waals surface area contributed by atoms with Crippen LogP contribution in [0.2, 0.25) is 5.02 Å². The average Bonchev–Trinajstić information content (AvgIpc) is 3.00. The Kier molecular flexibility index (Phi) is 11.0. The molecule has 1 saturated heterocycles. The first-order chi connectivity index (χ1) is 20.2. The molecule has 2 aliphatic heterocycles. The van der Waals surface area contributed by atoms with Crippen molar-refractivity contribution >= 4 is 40.9 Å². The van der Waals surface area contributed by atoms with Gasteiger partial charge in [0.2, 0.25) is 23.6 Å². The fraction of sp³-hybridized carbons (Fsp3) is 0.484. The number of aryl methyl sites for hydroxylation is 1. The second-order valence-electron chi connectivity index (χ2n) is 10.9. The van der Waals surface area contributed by atoms with Crippen molar-refractivity contribution in [3.8, 4) is 0 Å². The number of carbonyl (C=O) groups is 4. The smallest absolute Gasteiger partial charge is 0.246 e. The number of carbonyl (C=O) groups excluding carboxylic acids is 4. The largest absolute Gasteiger partial charge is 0.342 e. The minimum Gasteiger partial charge on any atom is -0.342 e. The van der Waals surface area contributed by atoms with Crippen molar-refractivity contribution in [3.63, 3.8) is 0 Å². The van der Waals surface area contributed by atoms with Gasteiger partial charge in [0.25, 0.3) is 0 Å². The third-order valence-corrected chi connectivity index (χ3v) is 8.53. The van der Waals surface area contributed by atoms with E-state index < -0.39 is 23.9 Å². The predicted molar refractivity (Wildman–Crippen MR) is 163 cm³/mol. The number of nitrogens with two attached hydrogens (primary N) is 1. The molecule has 11 heteroatoms. The van der Waals surface area contributed by atoms with Gasteiger partial charge >= 0.3 is 0 Å². The number of anilines is 1. The highest BCUT2D eigenvalue weighted by Gasteiger charge is 2.36. The first-order valence-electron chi connectivity index (χ1n) is 14.6. The first-order valence-corrected chi connectivity index (χ1v) is 15.0. The van der Waals surface area contributed by atoms with E-state index in [1.165, 1.54) is 0 Å². The van der Waals surface area contributed by atoms with E-state index in [0.29, 0.717) is 30.2 Å². The highest BCUT2D eigenvalue weighted by Crippen LogP contribution is 2.25. The molecule has 0 saturated carbocycles. The molecule has 2 aromatic carbocycles. The van der Waals surface area contributed by atoms with E-state index in [1.54, 1.807) is 23.1 Å². The zero-order valence-corrected chi connectivity index (χ0v) is 25.2. The lowest BCUT2D eigenvalue weighted by Crippen LogP contribution is -2.56. The number of likely N-dealkylation sites (N-methyl/N-ethyl adjacent to an activating group) is 1. The number of hydrogen-bond donors (Lipinski definition) is 3. The summed E-state index contributed by atoms with van der Waals surface area (Å²) in [6.07, 6.45) is 0.646. The van der Waals surface area contributed by atoms with Gasteiger partial charge in [0, 0.05) is 62.7 Å². The average molecular weight is 597 g/mol. The Morgan fingerprint density at radius 1 is 1.00 bits per heavy atom. The Morgan fingerprint density at radius 2 is 1.69 bits per heavy atom. The van der Waals surface area contributed by atoms with Crippen LogP contribution in [0.1, 0.15) is 42.9 Å². The van der Waals surface area contributed by atoms with Crippen molar-refractivity contribution in [1.29, 1.82) is 0 Å². The van der Waals surface area contributed by atoms with E-state index in [2.05, 4.69) is 22.5 Å². The molecule has 4 amide bonds. The lowest BCUT2D eigenvalue weighted by atomic mass is 9.92. The molecule has 0 aliphatic carbocycles. The van der Waals surface area contributed by atoms with E-state index in [-0.39, 0.29) is 44.2 Å². The molecule has 2 aliphatic rings. The van der Waals surface area contributed by atoms with Crippen molar-refractivity contribution in [1.82, 2.24) is 20.0 Å². The number of fused-ring (bicyclic) bond motifs is 1.